The molecule has 1 aromatic heterocycles. The Morgan fingerprint density at radius 3 is 2.58 bits per heavy atom. The standard InChI is InChI=1S/C18H22ClN3O2/c1-13-10-20-18(21-11-13)24-15-6-8-22(9-7-15)12-14-4-3-5-16(23-2)17(14)19/h3-5,10-11,15H,6-9,12H2,1-2H3. The average Bonchev–Trinajstić information content (AvgIpc) is 2.60. The van der Waals surface area contributed by atoms with E-state index in [1.54, 1.807) is 19.5 Å². The fourth-order valence-corrected chi connectivity index (χ4v) is 3.12. The average molecular weight is 348 g/mol. The van der Waals surface area contributed by atoms with Crippen molar-refractivity contribution in [1.82, 2.24) is 14.9 Å². The Bertz CT molecular complexity index is 670. The molecule has 0 amide bonds. The van der Waals surface area contributed by atoms with Gasteiger partial charge < -0.3 is 9.47 Å². The van der Waals surface area contributed by atoms with Crippen molar-refractivity contribution < 1.29 is 9.47 Å². The number of aryl methyl sites for hydroxylation is 1. The summed E-state index contributed by atoms with van der Waals surface area (Å²) in [5, 5.41) is 0.700. The second-order valence-electron chi connectivity index (χ2n) is 6.07. The molecule has 6 heteroatoms. The summed E-state index contributed by atoms with van der Waals surface area (Å²) in [5.74, 6) is 0.726. The van der Waals surface area contributed by atoms with E-state index in [2.05, 4.69) is 14.9 Å². The molecule has 0 atom stereocenters. The van der Waals surface area contributed by atoms with E-state index in [0.29, 0.717) is 11.0 Å². The van der Waals surface area contributed by atoms with Crippen molar-refractivity contribution >= 4 is 11.6 Å². The van der Waals surface area contributed by atoms with Crippen LogP contribution in [0.5, 0.6) is 11.8 Å². The molecule has 1 aliphatic rings. The first-order chi connectivity index (χ1) is 11.7. The molecule has 1 aliphatic heterocycles. The molecular formula is C18H22ClN3O2. The molecular weight excluding hydrogens is 326 g/mol. The highest BCUT2D eigenvalue weighted by atomic mass is 35.5. The van der Waals surface area contributed by atoms with Gasteiger partial charge in [-0.3, -0.25) is 4.90 Å². The number of hydrogen-bond acceptors (Lipinski definition) is 5. The van der Waals surface area contributed by atoms with Crippen molar-refractivity contribution in [2.45, 2.75) is 32.4 Å². The van der Waals surface area contributed by atoms with E-state index in [-0.39, 0.29) is 6.10 Å². The van der Waals surface area contributed by atoms with E-state index in [0.717, 1.165) is 49.4 Å². The summed E-state index contributed by atoms with van der Waals surface area (Å²) in [4.78, 5) is 10.8. The van der Waals surface area contributed by atoms with Crippen LogP contribution < -0.4 is 9.47 Å². The number of hydrogen-bond donors (Lipinski definition) is 0. The SMILES string of the molecule is COc1cccc(CN2CCC(Oc3ncc(C)cn3)CC2)c1Cl. The van der Waals surface area contributed by atoms with Gasteiger partial charge in [-0.25, -0.2) is 9.97 Å². The van der Waals surface area contributed by atoms with E-state index in [9.17, 15) is 0 Å². The van der Waals surface area contributed by atoms with Crippen LogP contribution in [-0.4, -0.2) is 41.2 Å². The molecule has 0 N–H and O–H groups in total. The summed E-state index contributed by atoms with van der Waals surface area (Å²) in [7, 11) is 1.64. The first-order valence-electron chi connectivity index (χ1n) is 8.14. The number of rotatable bonds is 5. The molecule has 0 saturated carbocycles. The van der Waals surface area contributed by atoms with Crippen molar-refractivity contribution in [3.05, 3.63) is 46.7 Å². The fourth-order valence-electron chi connectivity index (χ4n) is 2.85. The lowest BCUT2D eigenvalue weighted by Gasteiger charge is -2.31. The molecule has 3 rings (SSSR count). The molecule has 0 spiro atoms. The van der Waals surface area contributed by atoms with Gasteiger partial charge in [-0.1, -0.05) is 23.7 Å². The Balaban J connectivity index is 1.53. The van der Waals surface area contributed by atoms with Gasteiger partial charge in [0.1, 0.15) is 11.9 Å². The number of ether oxygens (including phenoxy) is 2. The summed E-state index contributed by atoms with van der Waals surface area (Å²) < 4.78 is 11.2. The molecule has 128 valence electrons. The normalized spacial score (nSPS) is 16.1. The predicted octanol–water partition coefficient (Wildman–Crippen LogP) is 3.49. The molecule has 1 aromatic carbocycles. The lowest BCUT2D eigenvalue weighted by molar-refractivity contribution is 0.0892. The van der Waals surface area contributed by atoms with Crippen LogP contribution in [0.3, 0.4) is 0 Å². The predicted molar refractivity (Wildman–Crippen MR) is 93.7 cm³/mol. The minimum Gasteiger partial charge on any atom is -0.495 e. The zero-order valence-electron chi connectivity index (χ0n) is 14.0. The zero-order chi connectivity index (χ0) is 16.9. The molecule has 2 heterocycles. The van der Waals surface area contributed by atoms with E-state index < -0.39 is 0 Å². The van der Waals surface area contributed by atoms with Gasteiger partial charge >= 0.3 is 6.01 Å². The molecule has 0 bridgehead atoms. The molecule has 0 radical (unpaired) electrons. The smallest absolute Gasteiger partial charge is 0.316 e. The van der Waals surface area contributed by atoms with Crippen LogP contribution in [0.4, 0.5) is 0 Å². The van der Waals surface area contributed by atoms with Gasteiger partial charge in [0.25, 0.3) is 0 Å². The van der Waals surface area contributed by atoms with Crippen LogP contribution in [-0.2, 0) is 6.54 Å². The molecule has 0 aliphatic carbocycles. The third kappa shape index (κ3) is 4.16. The number of aromatic nitrogens is 2. The van der Waals surface area contributed by atoms with Crippen molar-refractivity contribution in [2.24, 2.45) is 0 Å². The van der Waals surface area contributed by atoms with Gasteiger partial charge in [0, 0.05) is 32.0 Å². The third-order valence-electron chi connectivity index (χ3n) is 4.22. The van der Waals surface area contributed by atoms with Gasteiger partial charge in [-0.05, 0) is 37.0 Å². The van der Waals surface area contributed by atoms with Crippen LogP contribution in [0.1, 0.15) is 24.0 Å². The van der Waals surface area contributed by atoms with Crippen LogP contribution in [0.2, 0.25) is 5.02 Å². The summed E-state index contributed by atoms with van der Waals surface area (Å²) >= 11 is 6.38. The topological polar surface area (TPSA) is 47.5 Å². The molecule has 0 unspecified atom stereocenters. The zero-order valence-corrected chi connectivity index (χ0v) is 14.8. The number of nitrogens with zero attached hydrogens (tertiary/aromatic N) is 3. The number of likely N-dealkylation sites (tertiary alicyclic amines) is 1. The van der Waals surface area contributed by atoms with Crippen LogP contribution >= 0.6 is 11.6 Å². The minimum absolute atomic E-state index is 0.171. The maximum atomic E-state index is 6.38. The maximum Gasteiger partial charge on any atom is 0.316 e. The largest absolute Gasteiger partial charge is 0.495 e. The first-order valence-corrected chi connectivity index (χ1v) is 8.52. The Kier molecular flexibility index (Phi) is 5.53. The fraction of sp³-hybridized carbons (Fsp3) is 0.444. The highest BCUT2D eigenvalue weighted by Crippen LogP contribution is 2.29. The van der Waals surface area contributed by atoms with Crippen molar-refractivity contribution in [2.75, 3.05) is 20.2 Å². The first kappa shape index (κ1) is 17.0. The Morgan fingerprint density at radius 1 is 1.21 bits per heavy atom. The van der Waals surface area contributed by atoms with Crippen LogP contribution in [0.15, 0.2) is 30.6 Å². The van der Waals surface area contributed by atoms with Crippen LogP contribution in [0.25, 0.3) is 0 Å². The van der Waals surface area contributed by atoms with Gasteiger partial charge in [0.2, 0.25) is 0 Å². The second kappa shape index (κ2) is 7.81. The van der Waals surface area contributed by atoms with Gasteiger partial charge in [0.05, 0.1) is 12.1 Å². The van der Waals surface area contributed by atoms with Gasteiger partial charge in [-0.15, -0.1) is 0 Å². The van der Waals surface area contributed by atoms with Crippen molar-refractivity contribution in [1.29, 1.82) is 0 Å². The van der Waals surface area contributed by atoms with Crippen molar-refractivity contribution in [3.8, 4) is 11.8 Å². The molecule has 1 fully saturated rings. The van der Waals surface area contributed by atoms with E-state index >= 15 is 0 Å². The van der Waals surface area contributed by atoms with Crippen molar-refractivity contribution in [3.63, 3.8) is 0 Å². The summed E-state index contributed by atoms with van der Waals surface area (Å²) in [6, 6.07) is 6.38. The highest BCUT2D eigenvalue weighted by molar-refractivity contribution is 6.32. The molecule has 2 aromatic rings. The minimum atomic E-state index is 0.171. The Morgan fingerprint density at radius 2 is 1.92 bits per heavy atom. The summed E-state index contributed by atoms with van der Waals surface area (Å²) in [6.45, 7) is 4.71. The molecule has 1 saturated heterocycles. The highest BCUT2D eigenvalue weighted by Gasteiger charge is 2.22. The maximum absolute atomic E-state index is 6.38. The monoisotopic (exact) mass is 347 g/mol. The van der Waals surface area contributed by atoms with Crippen LogP contribution in [0, 0.1) is 6.92 Å². The second-order valence-corrected chi connectivity index (χ2v) is 6.45. The summed E-state index contributed by atoms with van der Waals surface area (Å²) in [6.07, 6.45) is 5.65. The van der Waals surface area contributed by atoms with E-state index in [1.165, 1.54) is 0 Å². The van der Waals surface area contributed by atoms with E-state index in [4.69, 9.17) is 21.1 Å². The van der Waals surface area contributed by atoms with E-state index in [1.807, 2.05) is 25.1 Å². The lowest BCUT2D eigenvalue weighted by atomic mass is 10.1. The molecule has 24 heavy (non-hydrogen) atoms. The number of methoxy groups -OCH3 is 1. The Hall–Kier alpha value is -1.85. The number of benzene rings is 1. The number of piperidine rings is 1. The number of halogens is 1. The molecule has 5 nitrogen and oxygen atoms in total. The van der Waals surface area contributed by atoms with Gasteiger partial charge in [-0.2, -0.15) is 0 Å². The third-order valence-corrected chi connectivity index (χ3v) is 4.65. The quantitative estimate of drug-likeness (QED) is 0.828. The lowest BCUT2D eigenvalue weighted by Crippen LogP contribution is -2.38. The van der Waals surface area contributed by atoms with Gasteiger partial charge in [0.15, 0.2) is 0 Å². The Labute approximate surface area is 147 Å². The summed E-state index contributed by atoms with van der Waals surface area (Å²) in [5.41, 5.74) is 2.13.